The van der Waals surface area contributed by atoms with Crippen LogP contribution in [0.25, 0.3) is 10.9 Å². The Morgan fingerprint density at radius 2 is 1.75 bits per heavy atom. The number of pyridine rings is 1. The maximum Gasteiger partial charge on any atom is 0.341 e. The molecule has 44 heavy (non-hydrogen) atoms. The van der Waals surface area contributed by atoms with E-state index in [1.165, 1.54) is 17.8 Å². The Kier molecular flexibility index (Phi) is 9.17. The zero-order valence-electron chi connectivity index (χ0n) is 24.7. The Morgan fingerprint density at radius 3 is 2.43 bits per heavy atom. The third-order valence-electron chi connectivity index (χ3n) is 8.42. The van der Waals surface area contributed by atoms with Crippen molar-refractivity contribution in [2.45, 2.75) is 33.2 Å². The second kappa shape index (κ2) is 13.2. The molecule has 2 aromatic heterocycles. The zero-order chi connectivity index (χ0) is 30.8. The highest BCUT2D eigenvalue weighted by atomic mass is 32.2. The highest BCUT2D eigenvalue weighted by Gasteiger charge is 2.24. The van der Waals surface area contributed by atoms with Crippen LogP contribution in [0.5, 0.6) is 0 Å². The van der Waals surface area contributed by atoms with Crippen molar-refractivity contribution in [1.29, 1.82) is 0 Å². The van der Waals surface area contributed by atoms with Gasteiger partial charge in [0.25, 0.3) is 0 Å². The van der Waals surface area contributed by atoms with Crippen molar-refractivity contribution in [3.8, 4) is 0 Å². The van der Waals surface area contributed by atoms with Crippen LogP contribution in [0.2, 0.25) is 0 Å². The topological polar surface area (TPSA) is 91.8 Å². The summed E-state index contributed by atoms with van der Waals surface area (Å²) in [4.78, 5) is 31.0. The molecular weight excluding hydrogens is 602 g/mol. The van der Waals surface area contributed by atoms with Crippen LogP contribution in [0.3, 0.4) is 0 Å². The van der Waals surface area contributed by atoms with E-state index in [2.05, 4.69) is 26.5 Å². The van der Waals surface area contributed by atoms with Gasteiger partial charge in [-0.05, 0) is 36.8 Å². The average Bonchev–Trinajstić information content (AvgIpc) is 3.31. The van der Waals surface area contributed by atoms with Gasteiger partial charge in [-0.15, -0.1) is 0 Å². The van der Waals surface area contributed by atoms with Gasteiger partial charge in [0.2, 0.25) is 5.43 Å². The lowest BCUT2D eigenvalue weighted by molar-refractivity contribution is 0.0695. The monoisotopic (exact) mass is 637 g/mol. The van der Waals surface area contributed by atoms with Crippen molar-refractivity contribution in [1.82, 2.24) is 28.7 Å². The van der Waals surface area contributed by atoms with Crippen LogP contribution in [0.4, 0.5) is 10.1 Å². The lowest BCUT2D eigenvalue weighted by Gasteiger charge is -2.36. The van der Waals surface area contributed by atoms with E-state index in [1.54, 1.807) is 10.6 Å². The summed E-state index contributed by atoms with van der Waals surface area (Å²) in [7, 11) is 0. The number of aryl methyl sites for hydroxylation is 1. The number of anilines is 1. The molecule has 0 saturated carbocycles. The number of nitrogens with zero attached hydrogens (tertiary/aromatic N) is 7. The van der Waals surface area contributed by atoms with Crippen LogP contribution in [-0.4, -0.2) is 90.6 Å². The Hall–Kier alpha value is -3.52. The fraction of sp³-hybridized carbons (Fsp3) is 0.419. The largest absolute Gasteiger partial charge is 0.477 e. The number of aromatic nitrogens is 4. The van der Waals surface area contributed by atoms with E-state index in [9.17, 15) is 14.7 Å². The van der Waals surface area contributed by atoms with Crippen molar-refractivity contribution in [3.63, 3.8) is 0 Å². The number of carboxylic acids is 1. The average molecular weight is 638 g/mol. The van der Waals surface area contributed by atoms with E-state index in [0.29, 0.717) is 61.9 Å². The molecule has 2 aromatic carbocycles. The molecule has 13 heteroatoms. The summed E-state index contributed by atoms with van der Waals surface area (Å²) in [5.41, 5.74) is 1.08. The number of carbonyl (C=O) groups is 1. The fourth-order valence-corrected chi connectivity index (χ4v) is 7.20. The molecule has 2 fully saturated rings. The molecule has 2 aliphatic rings. The number of rotatable bonds is 9. The second-order valence-electron chi connectivity index (χ2n) is 11.2. The van der Waals surface area contributed by atoms with Crippen LogP contribution in [0.1, 0.15) is 28.7 Å². The Balaban J connectivity index is 1.20. The maximum absolute atomic E-state index is 15.4. The van der Waals surface area contributed by atoms with Crippen LogP contribution in [-0.2, 0) is 26.3 Å². The Morgan fingerprint density at radius 1 is 1.02 bits per heavy atom. The van der Waals surface area contributed by atoms with Crippen molar-refractivity contribution in [2.24, 2.45) is 0 Å². The summed E-state index contributed by atoms with van der Waals surface area (Å²) in [6.07, 6.45) is 1.34. The summed E-state index contributed by atoms with van der Waals surface area (Å²) in [5, 5.41) is 14.5. The molecule has 0 radical (unpaired) electrons. The minimum absolute atomic E-state index is 0.0752. The molecule has 4 aromatic rings. The molecular formula is C31H36FN7O3S2. The number of carboxylic acid groups (broad SMARTS) is 1. The molecule has 2 saturated heterocycles. The normalized spacial score (nSPS) is 16.5. The van der Waals surface area contributed by atoms with Gasteiger partial charge in [-0.25, -0.2) is 13.9 Å². The number of piperazine rings is 1. The number of hydrogen-bond acceptors (Lipinski definition) is 8. The molecule has 6 rings (SSSR count). The van der Waals surface area contributed by atoms with Gasteiger partial charge in [0.05, 0.1) is 31.0 Å². The Labute approximate surface area is 264 Å². The van der Waals surface area contributed by atoms with E-state index in [-0.39, 0.29) is 10.9 Å². The number of thioether (sulfide) groups is 1. The van der Waals surface area contributed by atoms with Gasteiger partial charge < -0.3 is 14.6 Å². The van der Waals surface area contributed by atoms with Gasteiger partial charge >= 0.3 is 5.97 Å². The number of hydrogen-bond donors (Lipinski definition) is 1. The summed E-state index contributed by atoms with van der Waals surface area (Å²) in [6, 6.07) is 13.2. The Bertz CT molecular complexity index is 1780. The summed E-state index contributed by atoms with van der Waals surface area (Å²) >= 11 is 7.94. The van der Waals surface area contributed by atoms with E-state index in [4.69, 9.17) is 17.3 Å². The molecule has 0 aliphatic carbocycles. The van der Waals surface area contributed by atoms with Gasteiger partial charge in [-0.3, -0.25) is 19.2 Å². The van der Waals surface area contributed by atoms with Gasteiger partial charge in [0.1, 0.15) is 17.2 Å². The first-order valence-electron chi connectivity index (χ1n) is 14.9. The molecule has 4 heterocycles. The number of aromatic carboxylic acids is 1. The predicted octanol–water partition coefficient (Wildman–Crippen LogP) is 3.96. The predicted molar refractivity (Wildman–Crippen MR) is 174 cm³/mol. The molecule has 10 nitrogen and oxygen atoms in total. The van der Waals surface area contributed by atoms with Crippen molar-refractivity contribution in [2.75, 3.05) is 55.7 Å². The second-order valence-corrected chi connectivity index (χ2v) is 12.8. The van der Waals surface area contributed by atoms with Gasteiger partial charge in [-0.2, -0.15) is 16.9 Å². The van der Waals surface area contributed by atoms with E-state index in [1.807, 2.05) is 46.5 Å². The molecule has 1 N–H and O–H groups in total. The van der Waals surface area contributed by atoms with Crippen molar-refractivity contribution in [3.05, 3.63) is 86.4 Å². The fourth-order valence-electron chi connectivity index (χ4n) is 5.95. The third-order valence-corrected chi connectivity index (χ3v) is 9.79. The highest BCUT2D eigenvalue weighted by Crippen LogP contribution is 2.27. The molecule has 0 atom stereocenters. The first-order valence-corrected chi connectivity index (χ1v) is 16.5. The first kappa shape index (κ1) is 30.5. The molecule has 0 amide bonds. The number of fused-ring (bicyclic) bond motifs is 1. The minimum atomic E-state index is -1.32. The minimum Gasteiger partial charge on any atom is -0.477 e. The van der Waals surface area contributed by atoms with Gasteiger partial charge in [0, 0.05) is 68.9 Å². The first-order chi connectivity index (χ1) is 21.3. The van der Waals surface area contributed by atoms with E-state index >= 15 is 4.39 Å². The molecule has 2 aliphatic heterocycles. The lowest BCUT2D eigenvalue weighted by atomic mass is 10.1. The highest BCUT2D eigenvalue weighted by molar-refractivity contribution is 7.99. The quantitative estimate of drug-likeness (QED) is 0.274. The van der Waals surface area contributed by atoms with Gasteiger partial charge in [0.15, 0.2) is 4.77 Å². The van der Waals surface area contributed by atoms with Gasteiger partial charge in [-0.1, -0.05) is 30.3 Å². The molecule has 0 unspecified atom stereocenters. The van der Waals surface area contributed by atoms with Crippen LogP contribution in [0, 0.1) is 10.6 Å². The van der Waals surface area contributed by atoms with E-state index in [0.717, 1.165) is 37.0 Å². The van der Waals surface area contributed by atoms with Crippen molar-refractivity contribution < 1.29 is 14.3 Å². The number of benzene rings is 2. The van der Waals surface area contributed by atoms with Crippen LogP contribution < -0.4 is 10.3 Å². The summed E-state index contributed by atoms with van der Waals surface area (Å²) < 4.78 is 21.8. The van der Waals surface area contributed by atoms with Crippen LogP contribution in [0.15, 0.2) is 53.5 Å². The van der Waals surface area contributed by atoms with Crippen LogP contribution >= 0.6 is 24.0 Å². The summed E-state index contributed by atoms with van der Waals surface area (Å²) in [5.74, 6) is 1.37. The standard InChI is InChI=1S/C31H36FN7O3S2/c1-2-36-19-24(30(41)42)29(40)23-16-25(32)27(17-26(23)36)37-10-8-35(9-11-37)21-39-31(43)38(18-22-6-4-3-5-7-22)28(33-39)20-34-12-14-44-15-13-34/h3-7,16-17,19H,2,8-15,18,20-21H2,1H3,(H,41,42). The SMILES string of the molecule is CCn1cc(C(=O)O)c(=O)c2cc(F)c(N3CCN(Cn4nc(CN5CCSCC5)n(Cc5ccccc5)c4=S)CC3)cc21. The zero-order valence-corrected chi connectivity index (χ0v) is 26.3. The lowest BCUT2D eigenvalue weighted by Crippen LogP contribution is -2.47. The molecule has 0 spiro atoms. The number of halogens is 1. The molecule has 232 valence electrons. The van der Waals surface area contributed by atoms with Crippen molar-refractivity contribution >= 4 is 46.5 Å². The third kappa shape index (κ3) is 6.32. The smallest absolute Gasteiger partial charge is 0.341 e. The van der Waals surface area contributed by atoms with E-state index < -0.39 is 17.2 Å². The molecule has 0 bridgehead atoms. The summed E-state index contributed by atoms with van der Waals surface area (Å²) in [6.45, 7) is 8.90. The maximum atomic E-state index is 15.4.